The van der Waals surface area contributed by atoms with Crippen molar-refractivity contribution in [2.24, 2.45) is 0 Å². The predicted octanol–water partition coefficient (Wildman–Crippen LogP) is -20.3. The van der Waals surface area contributed by atoms with Crippen LogP contribution in [0.3, 0.4) is 0 Å². The van der Waals surface area contributed by atoms with Crippen LogP contribution in [-0.4, -0.2) is 485 Å². The number of amides is 2. The van der Waals surface area contributed by atoms with Gasteiger partial charge in [-0.25, -0.2) is 0 Å². The third-order valence-electron chi connectivity index (χ3n) is 19.5. The molecule has 2 amide bonds. The van der Waals surface area contributed by atoms with Crippen molar-refractivity contribution in [3.05, 3.63) is 0 Å². The Morgan fingerprint density at radius 2 is 0.509 bits per heavy atom. The van der Waals surface area contributed by atoms with E-state index >= 15 is 0 Å². The summed E-state index contributed by atoms with van der Waals surface area (Å²) in [5, 5.41) is 301. The van der Waals surface area contributed by atoms with Crippen LogP contribution < -0.4 is 10.6 Å². The van der Waals surface area contributed by atoms with Crippen molar-refractivity contribution in [3.8, 4) is 0 Å². The maximum Gasteiger partial charge on any atom is 0.217 e. The minimum Gasteiger partial charge on any atom is -0.394 e. The number of rotatable bonds is 27. The van der Waals surface area contributed by atoms with E-state index in [-0.39, 0.29) is 0 Å². The third-order valence-corrected chi connectivity index (χ3v) is 19.5. The normalized spacial score (nSPS) is 51.2. The van der Waals surface area contributed by atoms with Crippen molar-refractivity contribution in [2.45, 2.75) is 290 Å². The van der Waals surface area contributed by atoms with E-state index in [2.05, 4.69) is 10.6 Å². The van der Waals surface area contributed by atoms with Gasteiger partial charge in [-0.05, 0) is 0 Å². The lowest BCUT2D eigenvalue weighted by Crippen LogP contribution is -2.70. The van der Waals surface area contributed by atoms with Gasteiger partial charge in [-0.3, -0.25) is 9.59 Å². The number of hydrogen-bond acceptors (Lipinski definition) is 46. The number of carbonyl (C=O) groups excluding carboxylic acids is 2. The first-order chi connectivity index (χ1) is 50.2. The molecule has 48 heteroatoms. The van der Waals surface area contributed by atoms with Crippen molar-refractivity contribution >= 4 is 11.8 Å². The van der Waals surface area contributed by atoms with Gasteiger partial charge in [0.1, 0.15) is 220 Å². The largest absolute Gasteiger partial charge is 0.394 e. The van der Waals surface area contributed by atoms with Gasteiger partial charge in [-0.2, -0.15) is 0 Å². The maximum absolute atomic E-state index is 12.9. The van der Waals surface area contributed by atoms with Crippen LogP contribution in [0.5, 0.6) is 0 Å². The van der Waals surface area contributed by atoms with Gasteiger partial charge in [-0.15, -0.1) is 0 Å². The monoisotopic (exact) mass is 1560 g/mol. The fourth-order valence-electron chi connectivity index (χ4n) is 13.5. The smallest absolute Gasteiger partial charge is 0.217 e. The van der Waals surface area contributed by atoms with Gasteiger partial charge in [0.05, 0.1) is 59.5 Å². The molecule has 0 aliphatic carbocycles. The van der Waals surface area contributed by atoms with Crippen LogP contribution in [0.4, 0.5) is 0 Å². The minimum absolute atomic E-state index is 0.788. The Morgan fingerprint density at radius 3 is 0.925 bits per heavy atom. The Balaban J connectivity index is 1.06. The molecule has 9 rings (SSSR count). The Labute approximate surface area is 598 Å². The minimum atomic E-state index is -2.58. The van der Waals surface area contributed by atoms with E-state index in [9.17, 15) is 147 Å². The summed E-state index contributed by atoms with van der Waals surface area (Å²) >= 11 is 0. The van der Waals surface area contributed by atoms with E-state index in [4.69, 9.17) is 80.5 Å². The van der Waals surface area contributed by atoms with Crippen LogP contribution in [0.1, 0.15) is 13.8 Å². The molecule has 0 bridgehead atoms. The molecule has 0 aromatic carbocycles. The second-order valence-electron chi connectivity index (χ2n) is 26.7. The molecule has 106 heavy (non-hydrogen) atoms. The highest BCUT2D eigenvalue weighted by Gasteiger charge is 2.60. The summed E-state index contributed by atoms with van der Waals surface area (Å²) in [6.07, 6.45) is -90.8. The van der Waals surface area contributed by atoms with Crippen LogP contribution in [0.15, 0.2) is 0 Å². The standard InChI is InChI=1S/C58H98N2O46/c1-12(68)59-23-32(77)44(19(8-66)92-50(23)89)101-51-24(60-13(2)69)33(78)45(20(9-67)98-51)102-56-43(88)47(104-57-49(38(83)29(74)17(6-64)96-57)106-58-48(37(82)28(73)18(7-65)97-58)105-55-41(86)36(81)27(72)16(5-63)95-55)31(76)22(100-56)11-91-53-42(87)46(103-54-40(85)35(80)26(71)15(4-62)94-54)30(75)21(99-53)10-90-52-39(84)34(79)25(70)14(3-61)93-52/h14-58,61-67,70-89H,3-11H2,1-2H3,(H,59,68)(H,60,69)/t14-,15-,16-,17-,18-,19-,20-,21-,22-,23-,24-,25-,26-,27-,28-,29-,30-,31-,32-,33-,34+,35+,36+,37+,38+,39+,40+,41+,42+,43+,44-,45-,46+,47+,48+,49+,50-,51+,52?,53?,54?,55?,56?,57?,58?/m1/s1. The zero-order valence-corrected chi connectivity index (χ0v) is 56.2. The van der Waals surface area contributed by atoms with Crippen LogP contribution in [0.25, 0.3) is 0 Å². The fourth-order valence-corrected chi connectivity index (χ4v) is 13.5. The Bertz CT molecular complexity index is 2710. The fraction of sp³-hybridized carbons (Fsp3) is 0.966. The van der Waals surface area contributed by atoms with Crippen LogP contribution in [-0.2, 0) is 90.1 Å². The first-order valence-corrected chi connectivity index (χ1v) is 33.7. The molecule has 0 aromatic rings. The number of carbonyl (C=O) groups is 2. The number of aliphatic hydroxyl groups is 27. The second kappa shape index (κ2) is 37.9. The van der Waals surface area contributed by atoms with Crippen molar-refractivity contribution in [2.75, 3.05) is 59.5 Å². The highest BCUT2D eigenvalue weighted by molar-refractivity contribution is 5.73. The van der Waals surface area contributed by atoms with Crippen molar-refractivity contribution < 1.29 is 228 Å². The number of hydrogen-bond donors (Lipinski definition) is 29. The molecule has 0 spiro atoms. The zero-order valence-electron chi connectivity index (χ0n) is 56.2. The third kappa shape index (κ3) is 18.7. The Kier molecular flexibility index (Phi) is 31.1. The molecule has 9 saturated heterocycles. The molecule has 0 saturated carbocycles. The molecule has 616 valence electrons. The molecule has 9 aliphatic rings. The van der Waals surface area contributed by atoms with Crippen LogP contribution in [0.2, 0.25) is 0 Å². The summed E-state index contributed by atoms with van der Waals surface area (Å²) in [6, 6.07) is -3.57. The van der Waals surface area contributed by atoms with Gasteiger partial charge < -0.3 is 229 Å². The summed E-state index contributed by atoms with van der Waals surface area (Å²) in [5.41, 5.74) is 0. The lowest BCUT2D eigenvalue weighted by atomic mass is 9.94. The van der Waals surface area contributed by atoms with E-state index in [0.717, 1.165) is 13.8 Å². The molecule has 7 unspecified atom stereocenters. The molecule has 9 heterocycles. The Hall–Kier alpha value is -2.82. The molecule has 0 aromatic heterocycles. The summed E-state index contributed by atoms with van der Waals surface area (Å²) in [4.78, 5) is 25.1. The number of nitrogens with one attached hydrogen (secondary N) is 2. The van der Waals surface area contributed by atoms with Gasteiger partial charge >= 0.3 is 0 Å². The first kappa shape index (κ1) is 87.2. The molecule has 29 N–H and O–H groups in total. The molecular formula is C58H98N2O46. The van der Waals surface area contributed by atoms with Crippen molar-refractivity contribution in [1.82, 2.24) is 10.6 Å². The zero-order chi connectivity index (χ0) is 77.9. The highest BCUT2D eigenvalue weighted by Crippen LogP contribution is 2.40. The van der Waals surface area contributed by atoms with E-state index in [1.54, 1.807) is 0 Å². The highest BCUT2D eigenvalue weighted by atomic mass is 16.8. The maximum atomic E-state index is 12.9. The number of ether oxygens (including phenoxy) is 17. The number of aliphatic hydroxyl groups excluding tert-OH is 27. The van der Waals surface area contributed by atoms with E-state index < -0.39 is 348 Å². The SMILES string of the molecule is CC(=O)N[C@@H]1[C@@H](O)[C@H](O[C@@H]2O[C@H](CO)[C@@H](OC3O[C@H](COC4O[C@H](COC5O[C@H](CO)[C@@H](O)[C@H](O)[C@@H]5O)[C@@H](O)[C@H](OC5O[C@H](CO)[C@@H](O)[C@H](O)[C@@H]5O)[C@@H]4O)[C@@H](O)[C@H](OC4O[C@H](CO)[C@@H](O)[C@H](O)[C@@H]4OC4O[C@H](CO)[C@@H](O)[C@H](O)[C@@H]4OC4O[C@H](CO)[C@@H](O)[C@H](O)[C@@H]4O)[C@@H]3O)[C@H](O)[C@H]2NC(C)=O)[C@@H](CO)O[C@H]1O. The van der Waals surface area contributed by atoms with Gasteiger partial charge in [0.15, 0.2) is 56.6 Å². The van der Waals surface area contributed by atoms with Gasteiger partial charge in [-0.1, -0.05) is 0 Å². The molecule has 45 atom stereocenters. The topological polar surface area (TPSA) is 761 Å². The van der Waals surface area contributed by atoms with Crippen molar-refractivity contribution in [1.29, 1.82) is 0 Å². The van der Waals surface area contributed by atoms with E-state index in [1.165, 1.54) is 0 Å². The lowest BCUT2D eigenvalue weighted by Gasteiger charge is -2.51. The summed E-state index contributed by atoms with van der Waals surface area (Å²) < 4.78 is 98.9. The summed E-state index contributed by atoms with van der Waals surface area (Å²) in [6.45, 7) is -7.74. The molecule has 48 nitrogen and oxygen atoms in total. The van der Waals surface area contributed by atoms with E-state index in [1.807, 2.05) is 0 Å². The average molecular weight is 1560 g/mol. The quantitative estimate of drug-likeness (QED) is 0.0363. The van der Waals surface area contributed by atoms with E-state index in [0.29, 0.717) is 0 Å². The van der Waals surface area contributed by atoms with Gasteiger partial charge in [0.25, 0.3) is 0 Å². The lowest BCUT2D eigenvalue weighted by molar-refractivity contribution is -0.408. The first-order valence-electron chi connectivity index (χ1n) is 33.7. The summed E-state index contributed by atoms with van der Waals surface area (Å²) in [5.74, 6) is -1.73. The van der Waals surface area contributed by atoms with Crippen LogP contribution in [0, 0.1) is 0 Å². The summed E-state index contributed by atoms with van der Waals surface area (Å²) in [7, 11) is 0. The molecule has 0 radical (unpaired) electrons. The van der Waals surface area contributed by atoms with Gasteiger partial charge in [0, 0.05) is 13.8 Å². The molecule has 9 fully saturated rings. The van der Waals surface area contributed by atoms with Crippen molar-refractivity contribution in [3.63, 3.8) is 0 Å². The van der Waals surface area contributed by atoms with Gasteiger partial charge in [0.2, 0.25) is 11.8 Å². The molecule has 9 aliphatic heterocycles. The molecular weight excluding hydrogens is 1460 g/mol. The van der Waals surface area contributed by atoms with Crippen LogP contribution >= 0.6 is 0 Å². The predicted molar refractivity (Wildman–Crippen MR) is 320 cm³/mol. The Morgan fingerprint density at radius 1 is 0.245 bits per heavy atom. The average Bonchev–Trinajstić information content (AvgIpc) is 0.771. The second-order valence-corrected chi connectivity index (χ2v) is 26.7.